The molecular formula is C30H36N6O. The minimum absolute atomic E-state index is 0.0381. The number of hydrogen-bond donors (Lipinski definition) is 1. The topological polar surface area (TPSA) is 71.7 Å². The van der Waals surface area contributed by atoms with Crippen molar-refractivity contribution < 1.29 is 0 Å². The van der Waals surface area contributed by atoms with E-state index in [1.165, 1.54) is 54.2 Å². The number of rotatable bonds is 6. The Morgan fingerprint density at radius 1 is 1.14 bits per heavy atom. The summed E-state index contributed by atoms with van der Waals surface area (Å²) in [5, 5.41) is 9.87. The Hall–Kier alpha value is -3.19. The third-order valence-corrected chi connectivity index (χ3v) is 9.02. The molecule has 3 aromatic heterocycles. The summed E-state index contributed by atoms with van der Waals surface area (Å²) in [5.74, 6) is 2.19. The molecule has 7 nitrogen and oxygen atoms in total. The van der Waals surface area contributed by atoms with Crippen LogP contribution in [0.4, 0.5) is 0 Å². The number of aromatic amines is 1. The smallest absolute Gasteiger partial charge is 0.279 e. The van der Waals surface area contributed by atoms with Gasteiger partial charge in [-0.25, -0.2) is 0 Å². The molecule has 1 saturated heterocycles. The zero-order valence-electron chi connectivity index (χ0n) is 21.9. The molecule has 7 heteroatoms. The fourth-order valence-corrected chi connectivity index (χ4v) is 7.07. The highest BCUT2D eigenvalue weighted by Crippen LogP contribution is 2.51. The Labute approximate surface area is 217 Å². The molecule has 4 aromatic rings. The predicted molar refractivity (Wildman–Crippen MR) is 145 cm³/mol. The normalized spacial score (nSPS) is 24.4. The summed E-state index contributed by atoms with van der Waals surface area (Å²) in [6.07, 6.45) is 14.4. The van der Waals surface area contributed by atoms with Crippen LogP contribution in [-0.4, -0.2) is 42.3 Å². The number of nitrogens with one attached hydrogen (secondary N) is 1. The first-order valence-corrected chi connectivity index (χ1v) is 14.0. The highest BCUT2D eigenvalue weighted by atomic mass is 16.1. The molecule has 1 aromatic carbocycles. The number of fused-ring (bicyclic) bond motifs is 1. The third-order valence-electron chi connectivity index (χ3n) is 9.02. The van der Waals surface area contributed by atoms with E-state index in [9.17, 15) is 4.79 Å². The van der Waals surface area contributed by atoms with Crippen molar-refractivity contribution in [3.63, 3.8) is 0 Å². The van der Waals surface area contributed by atoms with Crippen LogP contribution in [0.15, 0.2) is 47.8 Å². The molecule has 0 amide bonds. The van der Waals surface area contributed by atoms with E-state index in [2.05, 4.69) is 63.7 Å². The van der Waals surface area contributed by atoms with Gasteiger partial charge in [-0.3, -0.25) is 14.3 Å². The van der Waals surface area contributed by atoms with E-state index >= 15 is 0 Å². The highest BCUT2D eigenvalue weighted by molar-refractivity contribution is 5.87. The first-order valence-electron chi connectivity index (χ1n) is 14.0. The fraction of sp³-hybridized carbons (Fsp3) is 0.500. The quantitative estimate of drug-likeness (QED) is 0.407. The molecule has 4 heterocycles. The van der Waals surface area contributed by atoms with Gasteiger partial charge in [-0.15, -0.1) is 10.2 Å². The maximum Gasteiger partial charge on any atom is 0.279 e. The maximum atomic E-state index is 13.9. The van der Waals surface area contributed by atoms with E-state index in [-0.39, 0.29) is 11.0 Å². The molecule has 7 rings (SSSR count). The lowest BCUT2D eigenvalue weighted by molar-refractivity contribution is 0.185. The number of hydrogen-bond acceptors (Lipinski definition) is 4. The highest BCUT2D eigenvalue weighted by Gasteiger charge is 2.48. The molecule has 0 unspecified atom stereocenters. The zero-order chi connectivity index (χ0) is 25.1. The van der Waals surface area contributed by atoms with Crippen LogP contribution in [-0.2, 0) is 19.0 Å². The number of piperidine rings is 1. The van der Waals surface area contributed by atoms with Gasteiger partial charge in [0.05, 0.1) is 5.41 Å². The van der Waals surface area contributed by atoms with Crippen molar-refractivity contribution in [3.8, 4) is 5.69 Å². The van der Waals surface area contributed by atoms with Crippen LogP contribution >= 0.6 is 0 Å². The van der Waals surface area contributed by atoms with Crippen molar-refractivity contribution in [2.45, 2.75) is 69.7 Å². The molecule has 2 saturated carbocycles. The van der Waals surface area contributed by atoms with Crippen LogP contribution in [0, 0.1) is 5.92 Å². The predicted octanol–water partition coefficient (Wildman–Crippen LogP) is 5.03. The van der Waals surface area contributed by atoms with Crippen molar-refractivity contribution in [2.75, 3.05) is 13.1 Å². The Morgan fingerprint density at radius 3 is 2.65 bits per heavy atom. The van der Waals surface area contributed by atoms with Gasteiger partial charge in [-0.05, 0) is 92.3 Å². The first kappa shape index (κ1) is 23.0. The molecule has 0 spiro atoms. The SMILES string of the molecule is CC1CC(c2cccc(-n3cc(C4CC4)c4c(CN5CCCCC5)c[nH]c4c3=O)c2)(c2nncn2C)C1. The van der Waals surface area contributed by atoms with E-state index in [0.717, 1.165) is 49.5 Å². The molecular weight excluding hydrogens is 460 g/mol. The largest absolute Gasteiger partial charge is 0.356 e. The van der Waals surface area contributed by atoms with Crippen molar-refractivity contribution >= 4 is 10.9 Å². The zero-order valence-corrected chi connectivity index (χ0v) is 21.9. The van der Waals surface area contributed by atoms with Gasteiger partial charge in [-0.2, -0.15) is 0 Å². The fourth-order valence-electron chi connectivity index (χ4n) is 7.07. The first-order chi connectivity index (χ1) is 18.0. The monoisotopic (exact) mass is 496 g/mol. The molecule has 0 atom stereocenters. The number of pyridine rings is 1. The summed E-state index contributed by atoms with van der Waals surface area (Å²) in [4.78, 5) is 19.8. The number of likely N-dealkylation sites (tertiary alicyclic amines) is 1. The maximum absolute atomic E-state index is 13.9. The molecule has 2 aliphatic carbocycles. The minimum Gasteiger partial charge on any atom is -0.356 e. The Balaban J connectivity index is 1.32. The third kappa shape index (κ3) is 3.78. The van der Waals surface area contributed by atoms with Crippen molar-refractivity contribution in [1.29, 1.82) is 0 Å². The van der Waals surface area contributed by atoms with Gasteiger partial charge < -0.3 is 9.55 Å². The van der Waals surface area contributed by atoms with Gasteiger partial charge in [0.1, 0.15) is 17.7 Å². The van der Waals surface area contributed by atoms with Gasteiger partial charge >= 0.3 is 0 Å². The number of benzene rings is 1. The van der Waals surface area contributed by atoms with Crippen LogP contribution in [0.3, 0.4) is 0 Å². The molecule has 1 aliphatic heterocycles. The molecule has 3 fully saturated rings. The summed E-state index contributed by atoms with van der Waals surface area (Å²) in [7, 11) is 2.02. The lowest BCUT2D eigenvalue weighted by Crippen LogP contribution is -2.43. The van der Waals surface area contributed by atoms with Crippen molar-refractivity contribution in [2.24, 2.45) is 13.0 Å². The summed E-state index contributed by atoms with van der Waals surface area (Å²) >= 11 is 0. The summed E-state index contributed by atoms with van der Waals surface area (Å²) in [6, 6.07) is 8.57. The van der Waals surface area contributed by atoms with E-state index in [0.29, 0.717) is 11.8 Å². The molecule has 3 aliphatic rings. The standard InChI is InChI=1S/C30H36N6O/c1-20-14-30(15-20,29-33-32-19-34(29)2)23-7-6-8-24(13-23)36-18-25(21-9-10-21)26-22(16-31-27(26)28(36)37)17-35-11-4-3-5-12-35/h6-8,13,16,18-21,31H,3-5,9-12,14-15,17H2,1-2H3. The lowest BCUT2D eigenvalue weighted by Gasteiger charge is -2.46. The van der Waals surface area contributed by atoms with Crippen LogP contribution in [0.2, 0.25) is 0 Å². The van der Waals surface area contributed by atoms with Gasteiger partial charge in [-0.1, -0.05) is 25.5 Å². The number of H-pyrrole nitrogens is 1. The molecule has 37 heavy (non-hydrogen) atoms. The van der Waals surface area contributed by atoms with Crippen LogP contribution in [0.1, 0.15) is 80.3 Å². The van der Waals surface area contributed by atoms with Gasteiger partial charge in [0.15, 0.2) is 0 Å². The van der Waals surface area contributed by atoms with E-state index in [4.69, 9.17) is 0 Å². The van der Waals surface area contributed by atoms with Crippen LogP contribution < -0.4 is 5.56 Å². The number of aromatic nitrogens is 5. The second kappa shape index (κ2) is 8.69. The average molecular weight is 497 g/mol. The molecule has 0 bridgehead atoms. The Bertz CT molecular complexity index is 1510. The summed E-state index contributed by atoms with van der Waals surface area (Å²) < 4.78 is 3.93. The Morgan fingerprint density at radius 2 is 1.95 bits per heavy atom. The Kier molecular flexibility index (Phi) is 5.39. The molecule has 1 N–H and O–H groups in total. The van der Waals surface area contributed by atoms with Crippen LogP contribution in [0.25, 0.3) is 16.6 Å². The van der Waals surface area contributed by atoms with E-state index < -0.39 is 0 Å². The number of nitrogens with zero attached hydrogens (tertiary/aromatic N) is 5. The summed E-state index contributed by atoms with van der Waals surface area (Å²) in [6.45, 7) is 5.53. The second-order valence-corrected chi connectivity index (χ2v) is 11.8. The molecule has 192 valence electrons. The van der Waals surface area contributed by atoms with Crippen molar-refractivity contribution in [3.05, 3.63) is 75.9 Å². The molecule has 0 radical (unpaired) electrons. The van der Waals surface area contributed by atoms with Crippen LogP contribution in [0.5, 0.6) is 0 Å². The van der Waals surface area contributed by atoms with Gasteiger partial charge in [0, 0.05) is 37.1 Å². The number of aryl methyl sites for hydroxylation is 1. The second-order valence-electron chi connectivity index (χ2n) is 11.8. The minimum atomic E-state index is -0.151. The van der Waals surface area contributed by atoms with Gasteiger partial charge in [0.25, 0.3) is 5.56 Å². The van der Waals surface area contributed by atoms with E-state index in [1.54, 1.807) is 6.33 Å². The average Bonchev–Trinajstić information content (AvgIpc) is 3.52. The van der Waals surface area contributed by atoms with Crippen molar-refractivity contribution in [1.82, 2.24) is 29.2 Å². The summed E-state index contributed by atoms with van der Waals surface area (Å²) in [5.41, 5.74) is 5.39. The van der Waals surface area contributed by atoms with Gasteiger partial charge in [0.2, 0.25) is 0 Å². The lowest BCUT2D eigenvalue weighted by atomic mass is 9.58. The van der Waals surface area contributed by atoms with E-state index in [1.807, 2.05) is 16.2 Å².